The summed E-state index contributed by atoms with van der Waals surface area (Å²) in [5, 5.41) is 0. The van der Waals surface area contributed by atoms with E-state index in [-0.39, 0.29) is 0 Å². The van der Waals surface area contributed by atoms with E-state index in [1.165, 1.54) is 12.1 Å². The molecule has 0 bridgehead atoms. The normalized spacial score (nSPS) is 10.6. The lowest BCUT2D eigenvalue weighted by Gasteiger charge is -2.02. The molecule has 1 aromatic heterocycles. The third-order valence-electron chi connectivity index (χ3n) is 2.04. The van der Waals surface area contributed by atoms with E-state index in [9.17, 15) is 8.78 Å². The summed E-state index contributed by atoms with van der Waals surface area (Å²) in [5.41, 5.74) is 6.60. The molecule has 0 amide bonds. The number of rotatable bonds is 2. The predicted octanol–water partition coefficient (Wildman–Crippen LogP) is 2.55. The Morgan fingerprint density at radius 2 is 2.13 bits per heavy atom. The van der Waals surface area contributed by atoms with E-state index in [0.29, 0.717) is 17.0 Å². The number of nitrogens with zero attached hydrogens (tertiary/aromatic N) is 1. The second-order valence-corrected chi connectivity index (χ2v) is 3.81. The molecule has 0 aliphatic rings. The van der Waals surface area contributed by atoms with Gasteiger partial charge >= 0.3 is 0 Å². The van der Waals surface area contributed by atoms with Crippen LogP contribution in [0.4, 0.5) is 8.78 Å². The number of benzene rings is 1. The van der Waals surface area contributed by atoms with Crippen molar-refractivity contribution in [1.29, 1.82) is 0 Å². The van der Waals surface area contributed by atoms with Gasteiger partial charge in [0.05, 0.1) is 4.88 Å². The van der Waals surface area contributed by atoms with Gasteiger partial charge in [0.2, 0.25) is 0 Å². The van der Waals surface area contributed by atoms with Crippen molar-refractivity contribution in [3.05, 3.63) is 41.6 Å². The molecule has 0 saturated heterocycles. The van der Waals surface area contributed by atoms with Gasteiger partial charge in [-0.1, -0.05) is 0 Å². The van der Waals surface area contributed by atoms with Crippen LogP contribution in [0.1, 0.15) is 5.56 Å². The third kappa shape index (κ3) is 1.88. The van der Waals surface area contributed by atoms with E-state index < -0.39 is 11.6 Å². The summed E-state index contributed by atoms with van der Waals surface area (Å²) in [4.78, 5) is 0.662. The molecular formula is C10H8F2N2S. The maximum absolute atomic E-state index is 13.4. The van der Waals surface area contributed by atoms with Gasteiger partial charge < -0.3 is 5.73 Å². The van der Waals surface area contributed by atoms with Crippen LogP contribution in [0, 0.1) is 11.6 Å². The molecule has 0 fully saturated rings. The highest BCUT2D eigenvalue weighted by Gasteiger charge is 2.12. The molecule has 0 aliphatic carbocycles. The topological polar surface area (TPSA) is 38.9 Å². The Bertz CT molecular complexity index is 482. The lowest BCUT2D eigenvalue weighted by Crippen LogP contribution is -1.96. The Hall–Kier alpha value is -1.33. The quantitative estimate of drug-likeness (QED) is 0.854. The average Bonchev–Trinajstić information content (AvgIpc) is 2.65. The standard InChI is InChI=1S/C10H8F2N2S/c11-7-1-2-8(9(12)3-7)10-6(4-13)5-14-15-10/h1-3,5H,4,13H2. The molecule has 0 aliphatic heterocycles. The summed E-state index contributed by atoms with van der Waals surface area (Å²) < 4.78 is 30.1. The Balaban J connectivity index is 2.54. The fourth-order valence-electron chi connectivity index (χ4n) is 1.30. The summed E-state index contributed by atoms with van der Waals surface area (Å²) in [6, 6.07) is 3.48. The maximum atomic E-state index is 13.4. The largest absolute Gasteiger partial charge is 0.326 e. The van der Waals surface area contributed by atoms with Crippen LogP contribution in [0.3, 0.4) is 0 Å². The number of hydrogen-bond acceptors (Lipinski definition) is 3. The van der Waals surface area contributed by atoms with Crippen LogP contribution in [-0.4, -0.2) is 4.37 Å². The van der Waals surface area contributed by atoms with Crippen molar-refractivity contribution >= 4 is 11.5 Å². The van der Waals surface area contributed by atoms with Gasteiger partial charge in [0.15, 0.2) is 0 Å². The van der Waals surface area contributed by atoms with Gasteiger partial charge in [-0.3, -0.25) is 0 Å². The zero-order valence-electron chi connectivity index (χ0n) is 7.71. The molecular weight excluding hydrogens is 218 g/mol. The minimum Gasteiger partial charge on any atom is -0.326 e. The zero-order valence-corrected chi connectivity index (χ0v) is 8.52. The second-order valence-electron chi connectivity index (χ2n) is 3.01. The van der Waals surface area contributed by atoms with Crippen LogP contribution in [0.25, 0.3) is 10.4 Å². The highest BCUT2D eigenvalue weighted by Crippen LogP contribution is 2.29. The van der Waals surface area contributed by atoms with Gasteiger partial charge in [0.25, 0.3) is 0 Å². The van der Waals surface area contributed by atoms with Crippen LogP contribution in [0.5, 0.6) is 0 Å². The van der Waals surface area contributed by atoms with Crippen molar-refractivity contribution in [3.63, 3.8) is 0 Å². The first-order chi connectivity index (χ1) is 7.22. The second kappa shape index (κ2) is 4.04. The van der Waals surface area contributed by atoms with Gasteiger partial charge in [-0.2, -0.15) is 0 Å². The van der Waals surface area contributed by atoms with E-state index in [1.54, 1.807) is 6.20 Å². The Morgan fingerprint density at radius 1 is 1.33 bits per heavy atom. The monoisotopic (exact) mass is 226 g/mol. The molecule has 2 rings (SSSR count). The van der Waals surface area contributed by atoms with Gasteiger partial charge in [0.1, 0.15) is 11.6 Å². The van der Waals surface area contributed by atoms with E-state index in [2.05, 4.69) is 4.37 Å². The molecule has 0 radical (unpaired) electrons. The first kappa shape index (κ1) is 10.2. The van der Waals surface area contributed by atoms with Gasteiger partial charge in [-0.25, -0.2) is 13.2 Å². The Kier molecular flexibility index (Phi) is 2.75. The number of aromatic nitrogens is 1. The van der Waals surface area contributed by atoms with Gasteiger partial charge in [-0.05, 0) is 23.7 Å². The van der Waals surface area contributed by atoms with Crippen molar-refractivity contribution < 1.29 is 8.78 Å². The fraction of sp³-hybridized carbons (Fsp3) is 0.100. The lowest BCUT2D eigenvalue weighted by atomic mass is 10.1. The molecule has 1 heterocycles. The molecule has 5 heteroatoms. The zero-order chi connectivity index (χ0) is 10.8. The van der Waals surface area contributed by atoms with E-state index in [1.807, 2.05) is 0 Å². The minimum atomic E-state index is -0.589. The average molecular weight is 226 g/mol. The SMILES string of the molecule is NCc1cnsc1-c1ccc(F)cc1F. The summed E-state index contributed by atoms with van der Waals surface area (Å²) >= 11 is 1.15. The summed E-state index contributed by atoms with van der Waals surface area (Å²) in [5.74, 6) is -1.18. The van der Waals surface area contributed by atoms with Crippen molar-refractivity contribution in [3.8, 4) is 10.4 Å². The molecule has 2 N–H and O–H groups in total. The lowest BCUT2D eigenvalue weighted by molar-refractivity contribution is 0.585. The van der Waals surface area contributed by atoms with Crippen LogP contribution >= 0.6 is 11.5 Å². The molecule has 0 spiro atoms. The van der Waals surface area contributed by atoms with E-state index in [4.69, 9.17) is 5.73 Å². The number of nitrogens with two attached hydrogens (primary N) is 1. The van der Waals surface area contributed by atoms with Crippen LogP contribution in [-0.2, 0) is 6.54 Å². The molecule has 2 nitrogen and oxygen atoms in total. The van der Waals surface area contributed by atoms with Crippen molar-refractivity contribution in [1.82, 2.24) is 4.37 Å². The Morgan fingerprint density at radius 3 is 2.80 bits per heavy atom. The third-order valence-corrected chi connectivity index (χ3v) is 2.92. The summed E-state index contributed by atoms with van der Waals surface area (Å²) in [6.45, 7) is 0.294. The van der Waals surface area contributed by atoms with Crippen molar-refractivity contribution in [2.75, 3.05) is 0 Å². The number of halogens is 2. The first-order valence-electron chi connectivity index (χ1n) is 4.31. The molecule has 2 aromatic rings. The maximum Gasteiger partial charge on any atom is 0.134 e. The minimum absolute atomic E-state index is 0.294. The molecule has 78 valence electrons. The molecule has 0 saturated carbocycles. The van der Waals surface area contributed by atoms with E-state index in [0.717, 1.165) is 23.2 Å². The highest BCUT2D eigenvalue weighted by atomic mass is 32.1. The summed E-state index contributed by atoms with van der Waals surface area (Å²) in [6.07, 6.45) is 1.60. The molecule has 1 aromatic carbocycles. The predicted molar refractivity (Wildman–Crippen MR) is 55.4 cm³/mol. The van der Waals surface area contributed by atoms with Crippen molar-refractivity contribution in [2.24, 2.45) is 5.73 Å². The van der Waals surface area contributed by atoms with Gasteiger partial charge in [-0.15, -0.1) is 0 Å². The van der Waals surface area contributed by atoms with Gasteiger partial charge in [0, 0.05) is 29.9 Å². The molecule has 0 atom stereocenters. The first-order valence-corrected chi connectivity index (χ1v) is 5.08. The van der Waals surface area contributed by atoms with E-state index >= 15 is 0 Å². The molecule has 0 unspecified atom stereocenters. The highest BCUT2D eigenvalue weighted by molar-refractivity contribution is 7.09. The van der Waals surface area contributed by atoms with Crippen LogP contribution in [0.2, 0.25) is 0 Å². The van der Waals surface area contributed by atoms with Crippen LogP contribution in [0.15, 0.2) is 24.4 Å². The Labute approximate surface area is 89.5 Å². The summed E-state index contributed by atoms with van der Waals surface area (Å²) in [7, 11) is 0. The smallest absolute Gasteiger partial charge is 0.134 e. The van der Waals surface area contributed by atoms with Crippen LogP contribution < -0.4 is 5.73 Å². The number of hydrogen-bond donors (Lipinski definition) is 1. The molecule has 15 heavy (non-hydrogen) atoms. The fourth-order valence-corrected chi connectivity index (χ4v) is 2.10. The van der Waals surface area contributed by atoms with Crippen molar-refractivity contribution in [2.45, 2.75) is 6.54 Å².